The molecule has 2 aliphatic heterocycles. The van der Waals surface area contributed by atoms with E-state index in [2.05, 4.69) is 120 Å². The Labute approximate surface area is 206 Å². The third-order valence-corrected chi connectivity index (χ3v) is 7.08. The summed E-state index contributed by atoms with van der Waals surface area (Å²) in [6.07, 6.45) is 4.97. The first-order chi connectivity index (χ1) is 17.9. The summed E-state index contributed by atoms with van der Waals surface area (Å²) in [5.41, 5.74) is 5.77. The van der Waals surface area contributed by atoms with Gasteiger partial charge in [0.1, 0.15) is 5.82 Å². The second-order valence-electron chi connectivity index (χ2n) is 9.02. The molecule has 6 aromatic rings. The molecule has 0 spiro atoms. The van der Waals surface area contributed by atoms with E-state index >= 15 is 0 Å². The SMILES string of the molecule is C1=NC2=NC=C(n3c4ccccc4c4ccc5c(c6ccccc6n5-c5ccccc5)c43)NC2N=C1. The zero-order valence-electron chi connectivity index (χ0n) is 19.2. The van der Waals surface area contributed by atoms with Gasteiger partial charge < -0.3 is 9.88 Å². The fraction of sp³-hybridized carbons (Fsp3) is 0.0333. The number of hydrogen-bond acceptors (Lipinski definition) is 4. The van der Waals surface area contributed by atoms with E-state index in [-0.39, 0.29) is 6.17 Å². The standard InChI is InChI=1S/C30H20N6/c1-2-8-19(9-3-1)35-24-13-7-5-11-22(24)27-25(35)15-14-21-20-10-4-6-12-23(20)36(28(21)27)26-18-33-29-30(34-26)32-17-16-31-29/h1-18,30,34H. The molecule has 170 valence electrons. The van der Waals surface area contributed by atoms with Crippen LogP contribution in [0.1, 0.15) is 0 Å². The van der Waals surface area contributed by atoms with Crippen LogP contribution in [0.25, 0.3) is 55.1 Å². The molecular formula is C30H20N6. The molecule has 4 aromatic carbocycles. The smallest absolute Gasteiger partial charge is 0.180 e. The van der Waals surface area contributed by atoms with Gasteiger partial charge in [-0.15, -0.1) is 0 Å². The molecule has 36 heavy (non-hydrogen) atoms. The van der Waals surface area contributed by atoms with Gasteiger partial charge in [0.2, 0.25) is 0 Å². The molecule has 2 aromatic heterocycles. The monoisotopic (exact) mass is 464 g/mol. The van der Waals surface area contributed by atoms with Gasteiger partial charge >= 0.3 is 0 Å². The van der Waals surface area contributed by atoms with Gasteiger partial charge in [-0.25, -0.2) is 9.98 Å². The molecular weight excluding hydrogens is 444 g/mol. The maximum atomic E-state index is 4.65. The number of fused-ring (bicyclic) bond motifs is 8. The van der Waals surface area contributed by atoms with Gasteiger partial charge in [0.05, 0.1) is 28.3 Å². The van der Waals surface area contributed by atoms with Crippen molar-refractivity contribution in [2.24, 2.45) is 15.0 Å². The van der Waals surface area contributed by atoms with Gasteiger partial charge in [-0.1, -0.05) is 60.7 Å². The van der Waals surface area contributed by atoms with Crippen LogP contribution in [-0.4, -0.2) is 33.6 Å². The lowest BCUT2D eigenvalue weighted by Crippen LogP contribution is -2.38. The number of aromatic nitrogens is 2. The molecule has 0 amide bonds. The number of hydrogen-bond donors (Lipinski definition) is 1. The molecule has 1 atom stereocenters. The number of para-hydroxylation sites is 3. The Bertz CT molecular complexity index is 1970. The molecule has 6 nitrogen and oxygen atoms in total. The maximum absolute atomic E-state index is 4.65. The lowest BCUT2D eigenvalue weighted by atomic mass is 10.1. The molecule has 8 rings (SSSR count). The van der Waals surface area contributed by atoms with Crippen LogP contribution < -0.4 is 5.32 Å². The van der Waals surface area contributed by atoms with Crippen LogP contribution in [-0.2, 0) is 0 Å². The van der Waals surface area contributed by atoms with Crippen LogP contribution >= 0.6 is 0 Å². The van der Waals surface area contributed by atoms with Crippen molar-refractivity contribution in [1.29, 1.82) is 0 Å². The van der Waals surface area contributed by atoms with E-state index in [0.717, 1.165) is 22.5 Å². The molecule has 0 aliphatic carbocycles. The fourth-order valence-electron chi connectivity index (χ4n) is 5.62. The lowest BCUT2D eigenvalue weighted by Gasteiger charge is -2.24. The second kappa shape index (κ2) is 7.26. The lowest BCUT2D eigenvalue weighted by molar-refractivity contribution is 0.745. The number of amidine groups is 1. The minimum absolute atomic E-state index is 0.295. The molecule has 4 heterocycles. The van der Waals surface area contributed by atoms with Gasteiger partial charge in [0.25, 0.3) is 0 Å². The Morgan fingerprint density at radius 2 is 1.39 bits per heavy atom. The minimum atomic E-state index is -0.295. The normalized spacial score (nSPS) is 16.9. The van der Waals surface area contributed by atoms with E-state index < -0.39 is 0 Å². The van der Waals surface area contributed by atoms with Crippen LogP contribution in [0.2, 0.25) is 0 Å². The summed E-state index contributed by atoms with van der Waals surface area (Å²) in [4.78, 5) is 13.6. The highest BCUT2D eigenvalue weighted by atomic mass is 15.3. The van der Waals surface area contributed by atoms with Gasteiger partial charge in [0.15, 0.2) is 12.0 Å². The van der Waals surface area contributed by atoms with Crippen LogP contribution in [0.5, 0.6) is 0 Å². The molecule has 2 aliphatic rings. The maximum Gasteiger partial charge on any atom is 0.180 e. The van der Waals surface area contributed by atoms with Gasteiger partial charge in [-0.05, 0) is 30.3 Å². The molecule has 1 N–H and O–H groups in total. The Hall–Kier alpha value is -4.97. The number of rotatable bonds is 2. The van der Waals surface area contributed by atoms with Crippen LogP contribution in [0.3, 0.4) is 0 Å². The van der Waals surface area contributed by atoms with E-state index in [0.29, 0.717) is 5.84 Å². The number of nitrogens with zero attached hydrogens (tertiary/aromatic N) is 5. The highest BCUT2D eigenvalue weighted by Gasteiger charge is 2.25. The fourth-order valence-corrected chi connectivity index (χ4v) is 5.62. The van der Waals surface area contributed by atoms with Crippen LogP contribution in [0.4, 0.5) is 0 Å². The quantitative estimate of drug-likeness (QED) is 0.329. The summed E-state index contributed by atoms with van der Waals surface area (Å²) in [5.74, 6) is 1.56. The summed E-state index contributed by atoms with van der Waals surface area (Å²) < 4.78 is 4.65. The zero-order chi connectivity index (χ0) is 23.6. The van der Waals surface area contributed by atoms with Gasteiger partial charge in [0, 0.05) is 39.7 Å². The topological polar surface area (TPSA) is 59.0 Å². The van der Waals surface area contributed by atoms with Gasteiger partial charge in [-0.3, -0.25) is 9.56 Å². The highest BCUT2D eigenvalue weighted by molar-refractivity contribution is 6.26. The molecule has 0 radical (unpaired) electrons. The van der Waals surface area contributed by atoms with Gasteiger partial charge in [-0.2, -0.15) is 0 Å². The van der Waals surface area contributed by atoms with E-state index in [1.807, 2.05) is 6.20 Å². The summed E-state index contributed by atoms with van der Waals surface area (Å²) in [7, 11) is 0. The first-order valence-corrected chi connectivity index (χ1v) is 12.0. The average molecular weight is 465 g/mol. The Morgan fingerprint density at radius 1 is 0.639 bits per heavy atom. The Balaban J connectivity index is 1.55. The minimum Gasteiger partial charge on any atom is -0.342 e. The Morgan fingerprint density at radius 3 is 2.25 bits per heavy atom. The van der Waals surface area contributed by atoms with Crippen molar-refractivity contribution in [3.05, 3.63) is 97.2 Å². The summed E-state index contributed by atoms with van der Waals surface area (Å²) in [6.45, 7) is 0. The predicted octanol–water partition coefficient (Wildman–Crippen LogP) is 6.13. The first kappa shape index (κ1) is 19.3. The van der Waals surface area contributed by atoms with E-state index in [1.165, 1.54) is 32.6 Å². The molecule has 0 saturated carbocycles. The zero-order valence-corrected chi connectivity index (χ0v) is 19.2. The third kappa shape index (κ3) is 2.58. The predicted molar refractivity (Wildman–Crippen MR) is 149 cm³/mol. The average Bonchev–Trinajstić information content (AvgIpc) is 3.46. The van der Waals surface area contributed by atoms with E-state index in [9.17, 15) is 0 Å². The van der Waals surface area contributed by atoms with Crippen LogP contribution in [0, 0.1) is 0 Å². The number of nitrogens with one attached hydrogen (secondary N) is 1. The van der Waals surface area contributed by atoms with E-state index in [1.54, 1.807) is 12.4 Å². The molecule has 1 unspecified atom stereocenters. The largest absolute Gasteiger partial charge is 0.342 e. The van der Waals surface area contributed by atoms with Crippen molar-refractivity contribution < 1.29 is 0 Å². The number of benzene rings is 4. The van der Waals surface area contributed by atoms with Crippen molar-refractivity contribution in [2.45, 2.75) is 6.17 Å². The van der Waals surface area contributed by atoms with Crippen molar-refractivity contribution in [2.75, 3.05) is 0 Å². The van der Waals surface area contributed by atoms with Crippen LogP contribution in [0.15, 0.2) is 112 Å². The molecule has 0 bridgehead atoms. The molecule has 6 heteroatoms. The molecule has 0 fully saturated rings. The van der Waals surface area contributed by atoms with Crippen molar-refractivity contribution in [3.63, 3.8) is 0 Å². The number of aliphatic imine (C=N–C) groups is 3. The Kier molecular flexibility index (Phi) is 3.90. The van der Waals surface area contributed by atoms with Crippen molar-refractivity contribution >= 4 is 67.7 Å². The van der Waals surface area contributed by atoms with Crippen molar-refractivity contribution in [1.82, 2.24) is 14.5 Å². The summed E-state index contributed by atoms with van der Waals surface area (Å²) in [6, 6.07) is 32.2. The summed E-state index contributed by atoms with van der Waals surface area (Å²) >= 11 is 0. The second-order valence-corrected chi connectivity index (χ2v) is 9.02. The van der Waals surface area contributed by atoms with E-state index in [4.69, 9.17) is 0 Å². The summed E-state index contributed by atoms with van der Waals surface area (Å²) in [5, 5.41) is 8.40. The van der Waals surface area contributed by atoms with Crippen molar-refractivity contribution in [3.8, 4) is 5.69 Å². The first-order valence-electron chi connectivity index (χ1n) is 12.0. The highest BCUT2D eigenvalue weighted by Crippen LogP contribution is 2.41. The third-order valence-electron chi connectivity index (χ3n) is 7.08. The molecule has 0 saturated heterocycles.